The van der Waals surface area contributed by atoms with Crippen molar-refractivity contribution in [3.63, 3.8) is 0 Å². The van der Waals surface area contributed by atoms with Crippen LogP contribution < -0.4 is 0 Å². The fourth-order valence-corrected chi connectivity index (χ4v) is 4.52. The molecule has 8 heteroatoms. The minimum absolute atomic E-state index is 0.0166. The standard InChI is InChI=1S/C20H27NO6S/c1-14(22)15-8-10-16(11-9-15)28(25,26)21-12-6-5-7-17(21)19(24)27-13-18(23)20(2,3)4/h8-11,17H,5-7,12-13H2,1-4H3. The molecule has 0 spiro atoms. The fourth-order valence-electron chi connectivity index (χ4n) is 2.87. The molecule has 0 saturated carbocycles. The minimum atomic E-state index is -3.93. The van der Waals surface area contributed by atoms with E-state index in [9.17, 15) is 22.8 Å². The van der Waals surface area contributed by atoms with Crippen molar-refractivity contribution in [2.24, 2.45) is 5.41 Å². The number of carbonyl (C=O) groups is 3. The van der Waals surface area contributed by atoms with Crippen LogP contribution in [0.1, 0.15) is 57.3 Å². The van der Waals surface area contributed by atoms with Gasteiger partial charge in [0.1, 0.15) is 6.04 Å². The molecule has 0 aliphatic carbocycles. The van der Waals surface area contributed by atoms with Crippen molar-refractivity contribution >= 4 is 27.6 Å². The number of benzene rings is 1. The molecule has 1 fully saturated rings. The van der Waals surface area contributed by atoms with Crippen LogP contribution >= 0.6 is 0 Å². The van der Waals surface area contributed by atoms with Gasteiger partial charge in [-0.2, -0.15) is 4.31 Å². The maximum absolute atomic E-state index is 13.0. The third kappa shape index (κ3) is 5.05. The fraction of sp³-hybridized carbons (Fsp3) is 0.550. The SMILES string of the molecule is CC(=O)c1ccc(S(=O)(=O)N2CCCCC2C(=O)OCC(=O)C(C)(C)C)cc1. The third-order valence-electron chi connectivity index (χ3n) is 4.78. The normalized spacial score (nSPS) is 18.5. The second-order valence-corrected chi connectivity index (χ2v) is 9.88. The van der Waals surface area contributed by atoms with Gasteiger partial charge in [-0.25, -0.2) is 8.42 Å². The molecule has 2 rings (SSSR count). The number of hydrogen-bond donors (Lipinski definition) is 0. The summed E-state index contributed by atoms with van der Waals surface area (Å²) in [5.41, 5.74) is -0.230. The highest BCUT2D eigenvalue weighted by molar-refractivity contribution is 7.89. The van der Waals surface area contributed by atoms with E-state index in [4.69, 9.17) is 4.74 Å². The van der Waals surface area contributed by atoms with Crippen molar-refractivity contribution in [2.75, 3.05) is 13.2 Å². The van der Waals surface area contributed by atoms with Gasteiger partial charge in [-0.1, -0.05) is 32.9 Å². The molecule has 1 atom stereocenters. The average Bonchev–Trinajstić information content (AvgIpc) is 2.65. The molecule has 0 bridgehead atoms. The van der Waals surface area contributed by atoms with Gasteiger partial charge >= 0.3 is 5.97 Å². The molecule has 1 aliphatic heterocycles. The molecule has 1 heterocycles. The molecule has 154 valence electrons. The van der Waals surface area contributed by atoms with Crippen LogP contribution in [0.25, 0.3) is 0 Å². The van der Waals surface area contributed by atoms with Gasteiger partial charge in [-0.15, -0.1) is 0 Å². The van der Waals surface area contributed by atoms with Crippen LogP contribution in [0.4, 0.5) is 0 Å². The largest absolute Gasteiger partial charge is 0.456 e. The lowest BCUT2D eigenvalue weighted by atomic mass is 9.91. The Hall–Kier alpha value is -2.06. The highest BCUT2D eigenvalue weighted by Gasteiger charge is 2.39. The predicted octanol–water partition coefficient (Wildman–Crippen LogP) is 2.59. The smallest absolute Gasteiger partial charge is 0.324 e. The van der Waals surface area contributed by atoms with E-state index >= 15 is 0 Å². The molecule has 1 saturated heterocycles. The van der Waals surface area contributed by atoms with Gasteiger partial charge in [0.2, 0.25) is 10.0 Å². The number of rotatable bonds is 6. The highest BCUT2D eigenvalue weighted by Crippen LogP contribution is 2.27. The van der Waals surface area contributed by atoms with Gasteiger partial charge in [0.05, 0.1) is 4.90 Å². The van der Waals surface area contributed by atoms with Crippen molar-refractivity contribution in [1.82, 2.24) is 4.31 Å². The van der Waals surface area contributed by atoms with Gasteiger partial charge in [-0.05, 0) is 38.3 Å². The van der Waals surface area contributed by atoms with E-state index in [1.54, 1.807) is 20.8 Å². The van der Waals surface area contributed by atoms with E-state index < -0.39 is 27.4 Å². The second-order valence-electron chi connectivity index (χ2n) is 7.99. The summed E-state index contributed by atoms with van der Waals surface area (Å²) in [6.07, 6.45) is 1.67. The van der Waals surface area contributed by atoms with Gasteiger partial charge in [0.15, 0.2) is 18.2 Å². The minimum Gasteiger partial charge on any atom is -0.456 e. The van der Waals surface area contributed by atoms with Gasteiger partial charge in [0, 0.05) is 17.5 Å². The first kappa shape index (κ1) is 22.2. The summed E-state index contributed by atoms with van der Waals surface area (Å²) < 4.78 is 32.4. The van der Waals surface area contributed by atoms with Gasteiger partial charge < -0.3 is 4.74 Å². The summed E-state index contributed by atoms with van der Waals surface area (Å²) in [6.45, 7) is 6.41. The summed E-state index contributed by atoms with van der Waals surface area (Å²) in [6, 6.07) is 4.68. The topological polar surface area (TPSA) is 97.8 Å². The molecule has 0 N–H and O–H groups in total. The van der Waals surface area contributed by atoms with Crippen LogP contribution in [0.5, 0.6) is 0 Å². The molecule has 1 aliphatic rings. The lowest BCUT2D eigenvalue weighted by Gasteiger charge is -2.33. The summed E-state index contributed by atoms with van der Waals surface area (Å²) in [7, 11) is -3.93. The van der Waals surface area contributed by atoms with Crippen LogP contribution in [-0.4, -0.2) is 49.5 Å². The van der Waals surface area contributed by atoms with Crippen LogP contribution in [0.3, 0.4) is 0 Å². The van der Waals surface area contributed by atoms with E-state index in [-0.39, 0.29) is 29.6 Å². The van der Waals surface area contributed by atoms with Crippen LogP contribution in [0, 0.1) is 5.41 Å². The maximum Gasteiger partial charge on any atom is 0.324 e. The van der Waals surface area contributed by atoms with Crippen molar-refractivity contribution in [1.29, 1.82) is 0 Å². The Bertz CT molecular complexity index is 852. The van der Waals surface area contributed by atoms with Crippen molar-refractivity contribution < 1.29 is 27.5 Å². The van der Waals surface area contributed by atoms with Crippen molar-refractivity contribution in [2.45, 2.75) is 57.9 Å². The molecular weight excluding hydrogens is 382 g/mol. The Morgan fingerprint density at radius 3 is 2.25 bits per heavy atom. The Balaban J connectivity index is 2.20. The number of nitrogens with zero attached hydrogens (tertiary/aromatic N) is 1. The van der Waals surface area contributed by atoms with Crippen molar-refractivity contribution in [3.8, 4) is 0 Å². The molecule has 0 amide bonds. The molecule has 1 aromatic rings. The van der Waals surface area contributed by atoms with E-state index in [0.29, 0.717) is 24.8 Å². The molecular formula is C20H27NO6S. The van der Waals surface area contributed by atoms with E-state index in [1.165, 1.54) is 31.2 Å². The Morgan fingerprint density at radius 2 is 1.71 bits per heavy atom. The molecule has 0 aromatic heterocycles. The van der Waals surface area contributed by atoms with Crippen LogP contribution in [-0.2, 0) is 24.3 Å². The lowest BCUT2D eigenvalue weighted by molar-refractivity contribution is -0.154. The number of ketones is 2. The molecule has 1 aromatic carbocycles. The number of hydrogen-bond acceptors (Lipinski definition) is 6. The monoisotopic (exact) mass is 409 g/mol. The molecule has 28 heavy (non-hydrogen) atoms. The zero-order chi connectivity index (χ0) is 21.1. The number of sulfonamides is 1. The molecule has 0 radical (unpaired) electrons. The molecule has 7 nitrogen and oxygen atoms in total. The summed E-state index contributed by atoms with van der Waals surface area (Å²) in [5.74, 6) is -1.10. The number of Topliss-reactive ketones (excluding diaryl/α,β-unsaturated/α-hetero) is 2. The maximum atomic E-state index is 13.0. The average molecular weight is 410 g/mol. The lowest BCUT2D eigenvalue weighted by Crippen LogP contribution is -2.49. The second kappa shape index (κ2) is 8.53. The first-order valence-corrected chi connectivity index (χ1v) is 10.7. The third-order valence-corrected chi connectivity index (χ3v) is 6.70. The predicted molar refractivity (Wildman–Crippen MR) is 103 cm³/mol. The molecule has 1 unspecified atom stereocenters. The number of piperidine rings is 1. The zero-order valence-electron chi connectivity index (χ0n) is 16.7. The number of esters is 1. The van der Waals surface area contributed by atoms with Crippen molar-refractivity contribution in [3.05, 3.63) is 29.8 Å². The first-order chi connectivity index (χ1) is 12.9. The van der Waals surface area contributed by atoms with E-state index in [1.807, 2.05) is 0 Å². The Labute approximate surface area is 166 Å². The Kier molecular flexibility index (Phi) is 6.77. The first-order valence-electron chi connectivity index (χ1n) is 9.27. The van der Waals surface area contributed by atoms with Crippen LogP contribution in [0.2, 0.25) is 0 Å². The number of ether oxygens (including phenoxy) is 1. The summed E-state index contributed by atoms with van der Waals surface area (Å²) in [5, 5.41) is 0. The summed E-state index contributed by atoms with van der Waals surface area (Å²) >= 11 is 0. The highest BCUT2D eigenvalue weighted by atomic mass is 32.2. The van der Waals surface area contributed by atoms with E-state index in [2.05, 4.69) is 0 Å². The Morgan fingerprint density at radius 1 is 1.11 bits per heavy atom. The quantitative estimate of drug-likeness (QED) is 0.529. The van der Waals surface area contributed by atoms with E-state index in [0.717, 1.165) is 4.31 Å². The van der Waals surface area contributed by atoms with Gasteiger partial charge in [0.25, 0.3) is 0 Å². The number of carbonyl (C=O) groups excluding carboxylic acids is 3. The van der Waals surface area contributed by atoms with Crippen LogP contribution in [0.15, 0.2) is 29.2 Å². The zero-order valence-corrected chi connectivity index (χ0v) is 17.5. The summed E-state index contributed by atoms with van der Waals surface area (Å²) in [4.78, 5) is 36.0. The van der Waals surface area contributed by atoms with Gasteiger partial charge in [-0.3, -0.25) is 14.4 Å².